The number of nitrogens with one attached hydrogen (secondary N) is 1. The molecule has 1 fully saturated rings. The lowest BCUT2D eigenvalue weighted by atomic mass is 10.2. The summed E-state index contributed by atoms with van der Waals surface area (Å²) in [5.74, 6) is -1.40. The minimum Gasteiger partial charge on any atom is -0.454 e. The second-order valence-electron chi connectivity index (χ2n) is 5.21. The van der Waals surface area contributed by atoms with Gasteiger partial charge in [-0.05, 0) is 24.3 Å². The summed E-state index contributed by atoms with van der Waals surface area (Å²) in [7, 11) is -2.63. The normalized spacial score (nSPS) is 21.5. The van der Waals surface area contributed by atoms with Crippen LogP contribution in [-0.4, -0.2) is 62.1 Å². The molecule has 1 heterocycles. The van der Waals surface area contributed by atoms with Crippen LogP contribution in [0.2, 0.25) is 5.02 Å². The molecule has 0 spiro atoms. The number of amides is 1. The molecule has 0 bridgehead atoms. The van der Waals surface area contributed by atoms with Crippen molar-refractivity contribution in [3.63, 3.8) is 0 Å². The second-order valence-corrected chi connectivity index (χ2v) is 7.54. The van der Waals surface area contributed by atoms with E-state index in [4.69, 9.17) is 16.3 Å². The van der Waals surface area contributed by atoms with Gasteiger partial charge in [-0.25, -0.2) is 8.42 Å². The molecule has 1 aliphatic rings. The molecule has 1 amide bonds. The Kier molecular flexibility index (Phi) is 5.81. The molecule has 0 aromatic heterocycles. The van der Waals surface area contributed by atoms with Crippen molar-refractivity contribution in [3.8, 4) is 0 Å². The molecular formula is C14H17ClN2O6S. The third-order valence-corrected chi connectivity index (χ3v) is 5.69. The Morgan fingerprint density at radius 1 is 1.38 bits per heavy atom. The Morgan fingerprint density at radius 3 is 2.58 bits per heavy atom. The largest absolute Gasteiger partial charge is 0.454 e. The van der Waals surface area contributed by atoms with Gasteiger partial charge in [0.2, 0.25) is 10.0 Å². The first-order valence-corrected chi connectivity index (χ1v) is 8.90. The van der Waals surface area contributed by atoms with Crippen LogP contribution in [0.3, 0.4) is 0 Å². The molecule has 1 aliphatic heterocycles. The van der Waals surface area contributed by atoms with Crippen molar-refractivity contribution < 1.29 is 27.9 Å². The minimum atomic E-state index is -4.01. The molecule has 24 heavy (non-hydrogen) atoms. The van der Waals surface area contributed by atoms with Crippen molar-refractivity contribution in [2.24, 2.45) is 0 Å². The number of hydrogen-bond acceptors (Lipinski definition) is 6. The smallest absolute Gasteiger partial charge is 0.325 e. The number of hydrogen-bond donors (Lipinski definition) is 2. The van der Waals surface area contributed by atoms with Crippen molar-refractivity contribution in [2.75, 3.05) is 20.2 Å². The van der Waals surface area contributed by atoms with E-state index >= 15 is 0 Å². The van der Waals surface area contributed by atoms with Gasteiger partial charge in [-0.1, -0.05) is 11.6 Å². The van der Waals surface area contributed by atoms with Crippen molar-refractivity contribution in [1.29, 1.82) is 0 Å². The van der Waals surface area contributed by atoms with E-state index in [2.05, 4.69) is 5.32 Å². The Hall–Kier alpha value is -1.68. The van der Waals surface area contributed by atoms with E-state index in [1.165, 1.54) is 31.3 Å². The van der Waals surface area contributed by atoms with Crippen molar-refractivity contribution in [1.82, 2.24) is 9.62 Å². The fraction of sp³-hybridized carbons (Fsp3) is 0.429. The van der Waals surface area contributed by atoms with Gasteiger partial charge in [0.05, 0.1) is 11.0 Å². The van der Waals surface area contributed by atoms with Crippen LogP contribution < -0.4 is 5.32 Å². The molecule has 0 unspecified atom stereocenters. The molecule has 2 atom stereocenters. The van der Waals surface area contributed by atoms with E-state index in [0.717, 1.165) is 4.31 Å². The maximum Gasteiger partial charge on any atom is 0.325 e. The first kappa shape index (κ1) is 18.7. The molecule has 2 N–H and O–H groups in total. The van der Waals surface area contributed by atoms with Crippen LogP contribution in [0.15, 0.2) is 29.2 Å². The zero-order valence-corrected chi connectivity index (χ0v) is 14.4. The summed E-state index contributed by atoms with van der Waals surface area (Å²) in [5.41, 5.74) is 0. The van der Waals surface area contributed by atoms with Crippen LogP contribution in [-0.2, 0) is 24.3 Å². The molecule has 132 valence electrons. The third kappa shape index (κ3) is 4.04. The molecule has 0 saturated carbocycles. The third-order valence-electron chi connectivity index (χ3n) is 3.55. The molecule has 1 aromatic carbocycles. The summed E-state index contributed by atoms with van der Waals surface area (Å²) in [6, 6.07) is 4.27. The van der Waals surface area contributed by atoms with Crippen molar-refractivity contribution >= 4 is 33.5 Å². The van der Waals surface area contributed by atoms with E-state index in [-0.39, 0.29) is 17.9 Å². The van der Waals surface area contributed by atoms with Crippen LogP contribution in [0.5, 0.6) is 0 Å². The number of halogens is 1. The maximum atomic E-state index is 12.7. The summed E-state index contributed by atoms with van der Waals surface area (Å²) in [5, 5.41) is 12.4. The number of rotatable bonds is 5. The summed E-state index contributed by atoms with van der Waals surface area (Å²) in [4.78, 5) is 23.2. The van der Waals surface area contributed by atoms with Crippen LogP contribution in [0.4, 0.5) is 0 Å². The molecule has 2 rings (SSSR count). The van der Waals surface area contributed by atoms with Gasteiger partial charge in [0.1, 0.15) is 6.04 Å². The molecule has 1 aromatic rings. The molecule has 1 saturated heterocycles. The standard InChI is InChI=1S/C14H17ClN2O6S/c1-16-13(19)8-23-14(20)12-6-10(18)7-17(12)24(21,22)11-4-2-9(15)3-5-11/h2-5,10,12,18H,6-8H2,1H3,(H,16,19)/t10-,12-/m0/s1. The summed E-state index contributed by atoms with van der Waals surface area (Å²) in [6.07, 6.45) is -1.09. The lowest BCUT2D eigenvalue weighted by Crippen LogP contribution is -2.42. The number of nitrogens with zero attached hydrogens (tertiary/aromatic N) is 1. The quantitative estimate of drug-likeness (QED) is 0.685. The molecule has 10 heteroatoms. The van der Waals surface area contributed by atoms with Gasteiger partial charge in [0.25, 0.3) is 5.91 Å². The first-order chi connectivity index (χ1) is 11.3. The fourth-order valence-electron chi connectivity index (χ4n) is 2.31. The van der Waals surface area contributed by atoms with E-state index in [9.17, 15) is 23.1 Å². The monoisotopic (exact) mass is 376 g/mol. The highest BCUT2D eigenvalue weighted by Crippen LogP contribution is 2.27. The topological polar surface area (TPSA) is 113 Å². The number of sulfonamides is 1. The van der Waals surface area contributed by atoms with E-state index in [1.807, 2.05) is 0 Å². The number of β-amino-alcohol motifs (C(OH)–C–C–N with tert-alkyl or cyclic N) is 1. The predicted molar refractivity (Wildman–Crippen MR) is 84.8 cm³/mol. The average Bonchev–Trinajstić information content (AvgIpc) is 2.95. The summed E-state index contributed by atoms with van der Waals surface area (Å²) >= 11 is 5.75. The Bertz CT molecular complexity index is 721. The Balaban J connectivity index is 2.21. The van der Waals surface area contributed by atoms with Gasteiger partial charge >= 0.3 is 5.97 Å². The van der Waals surface area contributed by atoms with E-state index < -0.39 is 40.7 Å². The van der Waals surface area contributed by atoms with Gasteiger partial charge in [-0.2, -0.15) is 4.31 Å². The zero-order valence-electron chi connectivity index (χ0n) is 12.8. The van der Waals surface area contributed by atoms with Gasteiger partial charge in [0.15, 0.2) is 6.61 Å². The Morgan fingerprint density at radius 2 is 2.00 bits per heavy atom. The number of aliphatic hydroxyl groups excluding tert-OH is 1. The Labute approximate surface area is 144 Å². The SMILES string of the molecule is CNC(=O)COC(=O)[C@@H]1C[C@H](O)CN1S(=O)(=O)c1ccc(Cl)cc1. The van der Waals surface area contributed by atoms with Crippen LogP contribution in [0, 0.1) is 0 Å². The fourth-order valence-corrected chi connectivity index (χ4v) is 4.06. The number of carbonyl (C=O) groups excluding carboxylic acids is 2. The van der Waals surface area contributed by atoms with Gasteiger partial charge in [-0.3, -0.25) is 9.59 Å². The number of aliphatic hydroxyl groups is 1. The number of ether oxygens (including phenoxy) is 1. The van der Waals surface area contributed by atoms with Crippen molar-refractivity contribution in [2.45, 2.75) is 23.5 Å². The molecular weight excluding hydrogens is 360 g/mol. The summed E-state index contributed by atoms with van der Waals surface area (Å²) in [6.45, 7) is -0.749. The van der Waals surface area contributed by atoms with E-state index in [0.29, 0.717) is 5.02 Å². The number of esters is 1. The van der Waals surface area contributed by atoms with Crippen LogP contribution in [0.25, 0.3) is 0 Å². The summed E-state index contributed by atoms with van der Waals surface area (Å²) < 4.78 is 31.1. The molecule has 8 nitrogen and oxygen atoms in total. The lowest BCUT2D eigenvalue weighted by molar-refractivity contribution is -0.151. The number of likely N-dealkylation sites (N-methyl/N-ethyl adjacent to an activating group) is 1. The van der Waals surface area contributed by atoms with E-state index in [1.54, 1.807) is 0 Å². The van der Waals surface area contributed by atoms with Gasteiger partial charge in [0, 0.05) is 25.0 Å². The zero-order chi connectivity index (χ0) is 17.9. The molecule has 0 radical (unpaired) electrons. The number of benzene rings is 1. The van der Waals surface area contributed by atoms with Crippen LogP contribution in [0.1, 0.15) is 6.42 Å². The average molecular weight is 377 g/mol. The van der Waals surface area contributed by atoms with Gasteiger partial charge in [-0.15, -0.1) is 0 Å². The maximum absolute atomic E-state index is 12.7. The van der Waals surface area contributed by atoms with Gasteiger partial charge < -0.3 is 15.2 Å². The highest BCUT2D eigenvalue weighted by atomic mass is 35.5. The van der Waals surface area contributed by atoms with Crippen LogP contribution >= 0.6 is 11.6 Å². The number of carbonyl (C=O) groups is 2. The predicted octanol–water partition coefficient (Wildman–Crippen LogP) is -0.247. The first-order valence-electron chi connectivity index (χ1n) is 7.08. The molecule has 0 aliphatic carbocycles. The second kappa shape index (κ2) is 7.47. The highest BCUT2D eigenvalue weighted by Gasteiger charge is 2.44. The lowest BCUT2D eigenvalue weighted by Gasteiger charge is -2.22. The highest BCUT2D eigenvalue weighted by molar-refractivity contribution is 7.89. The van der Waals surface area contributed by atoms with Crippen molar-refractivity contribution in [3.05, 3.63) is 29.3 Å². The minimum absolute atomic E-state index is 0.0508.